The summed E-state index contributed by atoms with van der Waals surface area (Å²) in [5, 5.41) is 0. The van der Waals surface area contributed by atoms with Crippen LogP contribution >= 0.6 is 0 Å². The van der Waals surface area contributed by atoms with E-state index in [9.17, 15) is 0 Å². The van der Waals surface area contributed by atoms with Crippen molar-refractivity contribution < 1.29 is 0 Å². The smallest absolute Gasteiger partial charge is 0.0236 e. The lowest BCUT2D eigenvalue weighted by Gasteiger charge is -2.25. The first-order valence-corrected chi connectivity index (χ1v) is 5.93. The van der Waals surface area contributed by atoms with Gasteiger partial charge in [0.1, 0.15) is 0 Å². The van der Waals surface area contributed by atoms with Gasteiger partial charge in [-0.1, -0.05) is 24.3 Å². The average molecular weight is 203 g/mol. The molecule has 2 rings (SSSR count). The van der Waals surface area contributed by atoms with Gasteiger partial charge in [-0.3, -0.25) is 4.90 Å². The summed E-state index contributed by atoms with van der Waals surface area (Å²) in [6.07, 6.45) is 2.86. The lowest BCUT2D eigenvalue weighted by molar-refractivity contribution is 0.226. The molecule has 1 saturated carbocycles. The second kappa shape index (κ2) is 4.36. The second-order valence-electron chi connectivity index (χ2n) is 4.92. The Bertz CT molecular complexity index is 328. The van der Waals surface area contributed by atoms with Crippen LogP contribution < -0.4 is 0 Å². The summed E-state index contributed by atoms with van der Waals surface area (Å²) in [7, 11) is 2.25. The summed E-state index contributed by atoms with van der Waals surface area (Å²) < 4.78 is 0. The molecular formula is C14H21N. The maximum Gasteiger partial charge on any atom is 0.0236 e. The van der Waals surface area contributed by atoms with Gasteiger partial charge in [-0.15, -0.1) is 0 Å². The molecule has 1 aliphatic carbocycles. The first kappa shape index (κ1) is 10.7. The van der Waals surface area contributed by atoms with E-state index >= 15 is 0 Å². The van der Waals surface area contributed by atoms with Crippen molar-refractivity contribution in [1.82, 2.24) is 4.90 Å². The van der Waals surface area contributed by atoms with Crippen LogP contribution in [-0.4, -0.2) is 18.0 Å². The monoisotopic (exact) mass is 203 g/mol. The van der Waals surface area contributed by atoms with E-state index in [1.165, 1.54) is 24.0 Å². The van der Waals surface area contributed by atoms with E-state index < -0.39 is 0 Å². The van der Waals surface area contributed by atoms with Crippen molar-refractivity contribution in [3.8, 4) is 0 Å². The Morgan fingerprint density at radius 1 is 1.33 bits per heavy atom. The number of hydrogen-bond donors (Lipinski definition) is 0. The standard InChI is InChI=1S/C14H21N/c1-11-6-4-5-7-14(11)10-15(3)12(2)13-8-9-13/h4-7,12-13H,8-10H2,1-3H3. The Balaban J connectivity index is 1.98. The molecular weight excluding hydrogens is 182 g/mol. The predicted octanol–water partition coefficient (Wildman–Crippen LogP) is 3.23. The number of hydrogen-bond acceptors (Lipinski definition) is 1. The van der Waals surface area contributed by atoms with Crippen molar-refractivity contribution in [3.63, 3.8) is 0 Å². The molecule has 0 N–H and O–H groups in total. The molecule has 82 valence electrons. The van der Waals surface area contributed by atoms with Crippen LogP contribution in [0.4, 0.5) is 0 Å². The Kier molecular flexibility index (Phi) is 3.11. The molecule has 0 amide bonds. The summed E-state index contributed by atoms with van der Waals surface area (Å²) in [5.74, 6) is 0.957. The van der Waals surface area contributed by atoms with E-state index in [-0.39, 0.29) is 0 Å². The molecule has 0 spiro atoms. The van der Waals surface area contributed by atoms with Crippen molar-refractivity contribution in [1.29, 1.82) is 0 Å². The summed E-state index contributed by atoms with van der Waals surface area (Å²) in [6.45, 7) is 5.64. The van der Waals surface area contributed by atoms with Gasteiger partial charge >= 0.3 is 0 Å². The summed E-state index contributed by atoms with van der Waals surface area (Å²) in [4.78, 5) is 2.49. The van der Waals surface area contributed by atoms with E-state index in [1.54, 1.807) is 0 Å². The summed E-state index contributed by atoms with van der Waals surface area (Å²) in [5.41, 5.74) is 2.87. The van der Waals surface area contributed by atoms with Gasteiger partial charge in [-0.05, 0) is 50.8 Å². The fourth-order valence-corrected chi connectivity index (χ4v) is 2.14. The van der Waals surface area contributed by atoms with Crippen LogP contribution in [0.15, 0.2) is 24.3 Å². The maximum absolute atomic E-state index is 2.49. The number of aryl methyl sites for hydroxylation is 1. The quantitative estimate of drug-likeness (QED) is 0.726. The van der Waals surface area contributed by atoms with Crippen LogP contribution in [0, 0.1) is 12.8 Å². The Hall–Kier alpha value is -0.820. The molecule has 0 radical (unpaired) electrons. The molecule has 1 atom stereocenters. The normalized spacial score (nSPS) is 18.1. The minimum atomic E-state index is 0.740. The average Bonchev–Trinajstić information content (AvgIpc) is 3.04. The molecule has 0 aliphatic heterocycles. The van der Waals surface area contributed by atoms with Gasteiger partial charge in [0.2, 0.25) is 0 Å². The zero-order valence-electron chi connectivity index (χ0n) is 10.0. The van der Waals surface area contributed by atoms with E-state index in [1.807, 2.05) is 0 Å². The summed E-state index contributed by atoms with van der Waals surface area (Å²) >= 11 is 0. The minimum Gasteiger partial charge on any atom is -0.299 e. The van der Waals surface area contributed by atoms with Gasteiger partial charge in [0, 0.05) is 12.6 Å². The molecule has 15 heavy (non-hydrogen) atoms. The molecule has 1 nitrogen and oxygen atoms in total. The molecule has 1 aromatic carbocycles. The van der Waals surface area contributed by atoms with Crippen molar-refractivity contribution in [2.75, 3.05) is 7.05 Å². The van der Waals surface area contributed by atoms with Gasteiger partial charge in [0.05, 0.1) is 0 Å². The lowest BCUT2D eigenvalue weighted by Crippen LogP contribution is -2.30. The van der Waals surface area contributed by atoms with E-state index in [0.717, 1.165) is 18.5 Å². The van der Waals surface area contributed by atoms with Gasteiger partial charge in [0.25, 0.3) is 0 Å². The second-order valence-corrected chi connectivity index (χ2v) is 4.92. The molecule has 1 aliphatic rings. The van der Waals surface area contributed by atoms with Gasteiger partial charge in [0.15, 0.2) is 0 Å². The first-order chi connectivity index (χ1) is 7.18. The van der Waals surface area contributed by atoms with Crippen molar-refractivity contribution in [2.45, 2.75) is 39.3 Å². The van der Waals surface area contributed by atoms with E-state index in [0.29, 0.717) is 0 Å². The largest absolute Gasteiger partial charge is 0.299 e. The topological polar surface area (TPSA) is 3.24 Å². The molecule has 0 saturated heterocycles. The van der Waals surface area contributed by atoms with Crippen molar-refractivity contribution >= 4 is 0 Å². The lowest BCUT2D eigenvalue weighted by atomic mass is 10.1. The van der Waals surface area contributed by atoms with Gasteiger partial charge in [-0.25, -0.2) is 0 Å². The zero-order valence-corrected chi connectivity index (χ0v) is 10.0. The van der Waals surface area contributed by atoms with Crippen LogP contribution in [0.2, 0.25) is 0 Å². The SMILES string of the molecule is Cc1ccccc1CN(C)C(C)C1CC1. The number of benzene rings is 1. The van der Waals surface area contributed by atoms with Crippen LogP contribution in [-0.2, 0) is 6.54 Å². The number of nitrogens with zero attached hydrogens (tertiary/aromatic N) is 1. The fraction of sp³-hybridized carbons (Fsp3) is 0.571. The molecule has 1 fully saturated rings. The van der Waals surface area contributed by atoms with Crippen LogP contribution in [0.3, 0.4) is 0 Å². The Labute approximate surface area is 93.1 Å². The van der Waals surface area contributed by atoms with Crippen molar-refractivity contribution in [2.24, 2.45) is 5.92 Å². The molecule has 1 heteroatoms. The van der Waals surface area contributed by atoms with Crippen LogP contribution in [0.25, 0.3) is 0 Å². The Morgan fingerprint density at radius 3 is 2.60 bits per heavy atom. The molecule has 1 unspecified atom stereocenters. The first-order valence-electron chi connectivity index (χ1n) is 5.93. The van der Waals surface area contributed by atoms with Crippen molar-refractivity contribution in [3.05, 3.63) is 35.4 Å². The number of rotatable bonds is 4. The highest BCUT2D eigenvalue weighted by Crippen LogP contribution is 2.35. The predicted molar refractivity (Wildman–Crippen MR) is 64.8 cm³/mol. The van der Waals surface area contributed by atoms with Crippen LogP contribution in [0.1, 0.15) is 30.9 Å². The summed E-state index contributed by atoms with van der Waals surface area (Å²) in [6, 6.07) is 9.43. The van der Waals surface area contributed by atoms with Gasteiger partial charge in [-0.2, -0.15) is 0 Å². The molecule has 0 bridgehead atoms. The molecule has 0 heterocycles. The third-order valence-electron chi connectivity index (χ3n) is 3.68. The molecule has 0 aromatic heterocycles. The highest BCUT2D eigenvalue weighted by molar-refractivity contribution is 5.25. The van der Waals surface area contributed by atoms with E-state index in [4.69, 9.17) is 0 Å². The molecule has 1 aromatic rings. The van der Waals surface area contributed by atoms with Crippen LogP contribution in [0.5, 0.6) is 0 Å². The highest BCUT2D eigenvalue weighted by Gasteiger charge is 2.30. The Morgan fingerprint density at radius 2 is 2.00 bits per heavy atom. The third kappa shape index (κ3) is 2.60. The van der Waals surface area contributed by atoms with Gasteiger partial charge < -0.3 is 0 Å². The zero-order chi connectivity index (χ0) is 10.8. The highest BCUT2D eigenvalue weighted by atomic mass is 15.1. The third-order valence-corrected chi connectivity index (χ3v) is 3.68. The minimum absolute atomic E-state index is 0.740. The van der Waals surface area contributed by atoms with E-state index in [2.05, 4.69) is 50.1 Å². The fourth-order valence-electron chi connectivity index (χ4n) is 2.14. The maximum atomic E-state index is 2.49.